The lowest BCUT2D eigenvalue weighted by Gasteiger charge is -2.19. The van der Waals surface area contributed by atoms with Crippen molar-refractivity contribution in [2.24, 2.45) is 0 Å². The van der Waals surface area contributed by atoms with Crippen LogP contribution in [-0.2, 0) is 0 Å². The first kappa shape index (κ1) is 15.9. The molecule has 116 valence electrons. The molecule has 0 saturated carbocycles. The van der Waals surface area contributed by atoms with Crippen LogP contribution in [0.1, 0.15) is 37.1 Å². The molecule has 0 bridgehead atoms. The third-order valence-corrected chi connectivity index (χ3v) is 3.33. The normalized spacial score (nSPS) is 13.3. The SMILES string of the molecule is CC(NC(=O)NC(C)c1ccc(F)cc1F)c1ccncc1. The van der Waals surface area contributed by atoms with Gasteiger partial charge in [-0.15, -0.1) is 0 Å². The van der Waals surface area contributed by atoms with E-state index in [0.29, 0.717) is 0 Å². The molecular weight excluding hydrogens is 288 g/mol. The van der Waals surface area contributed by atoms with Gasteiger partial charge in [-0.3, -0.25) is 4.98 Å². The summed E-state index contributed by atoms with van der Waals surface area (Å²) in [6.07, 6.45) is 3.28. The second kappa shape index (κ2) is 6.98. The molecule has 1 aromatic carbocycles. The van der Waals surface area contributed by atoms with Gasteiger partial charge in [0.1, 0.15) is 11.6 Å². The predicted octanol–water partition coefficient (Wildman–Crippen LogP) is 3.48. The van der Waals surface area contributed by atoms with Crippen molar-refractivity contribution in [2.75, 3.05) is 0 Å². The van der Waals surface area contributed by atoms with Gasteiger partial charge in [0.05, 0.1) is 12.1 Å². The fourth-order valence-corrected chi connectivity index (χ4v) is 2.10. The minimum atomic E-state index is -0.685. The fourth-order valence-electron chi connectivity index (χ4n) is 2.10. The van der Waals surface area contributed by atoms with Crippen LogP contribution in [0.15, 0.2) is 42.7 Å². The summed E-state index contributed by atoms with van der Waals surface area (Å²) in [6.45, 7) is 3.46. The van der Waals surface area contributed by atoms with Gasteiger partial charge in [0.15, 0.2) is 0 Å². The molecule has 1 heterocycles. The van der Waals surface area contributed by atoms with E-state index in [1.165, 1.54) is 6.07 Å². The molecule has 0 aliphatic heterocycles. The van der Waals surface area contributed by atoms with Crippen LogP contribution in [0, 0.1) is 11.6 Å². The highest BCUT2D eigenvalue weighted by atomic mass is 19.1. The van der Waals surface area contributed by atoms with Gasteiger partial charge in [0, 0.05) is 24.0 Å². The molecule has 2 amide bonds. The predicted molar refractivity (Wildman–Crippen MR) is 79.1 cm³/mol. The summed E-state index contributed by atoms with van der Waals surface area (Å²) < 4.78 is 26.5. The molecule has 22 heavy (non-hydrogen) atoms. The van der Waals surface area contributed by atoms with Crippen LogP contribution < -0.4 is 10.6 Å². The summed E-state index contributed by atoms with van der Waals surface area (Å²) in [5, 5.41) is 5.38. The Morgan fingerprint density at radius 1 is 1.05 bits per heavy atom. The first-order valence-corrected chi connectivity index (χ1v) is 6.89. The molecule has 0 spiro atoms. The number of carbonyl (C=O) groups is 1. The number of urea groups is 1. The molecule has 2 atom stereocenters. The Kier molecular flexibility index (Phi) is 5.04. The maximum Gasteiger partial charge on any atom is 0.315 e. The minimum Gasteiger partial charge on any atom is -0.332 e. The summed E-state index contributed by atoms with van der Waals surface area (Å²) >= 11 is 0. The highest BCUT2D eigenvalue weighted by Crippen LogP contribution is 2.18. The van der Waals surface area contributed by atoms with Crippen molar-refractivity contribution in [3.05, 3.63) is 65.5 Å². The number of rotatable bonds is 4. The molecule has 0 fully saturated rings. The summed E-state index contributed by atoms with van der Waals surface area (Å²) in [5.41, 5.74) is 1.14. The molecule has 2 rings (SSSR count). The van der Waals surface area contributed by atoms with E-state index in [4.69, 9.17) is 0 Å². The van der Waals surface area contributed by atoms with E-state index in [1.54, 1.807) is 31.5 Å². The highest BCUT2D eigenvalue weighted by Gasteiger charge is 2.15. The summed E-state index contributed by atoms with van der Waals surface area (Å²) in [5.74, 6) is -1.33. The molecule has 6 heteroatoms. The average molecular weight is 305 g/mol. The Labute approximate surface area is 127 Å². The summed E-state index contributed by atoms with van der Waals surface area (Å²) in [7, 11) is 0. The first-order chi connectivity index (χ1) is 10.5. The van der Waals surface area contributed by atoms with Crippen molar-refractivity contribution < 1.29 is 13.6 Å². The van der Waals surface area contributed by atoms with Crippen molar-refractivity contribution in [1.82, 2.24) is 15.6 Å². The first-order valence-electron chi connectivity index (χ1n) is 6.89. The molecule has 2 aromatic rings. The van der Waals surface area contributed by atoms with E-state index in [-0.39, 0.29) is 11.6 Å². The zero-order valence-electron chi connectivity index (χ0n) is 12.3. The van der Waals surface area contributed by atoms with Gasteiger partial charge in [-0.25, -0.2) is 13.6 Å². The van der Waals surface area contributed by atoms with Crippen molar-refractivity contribution in [3.8, 4) is 0 Å². The van der Waals surface area contributed by atoms with E-state index in [9.17, 15) is 13.6 Å². The average Bonchev–Trinajstić information content (AvgIpc) is 2.47. The minimum absolute atomic E-state index is 0.215. The Morgan fingerprint density at radius 2 is 1.68 bits per heavy atom. The number of halogens is 2. The van der Waals surface area contributed by atoms with Gasteiger partial charge in [0.2, 0.25) is 0 Å². The van der Waals surface area contributed by atoms with Crippen LogP contribution in [0.5, 0.6) is 0 Å². The Bertz CT molecular complexity index is 649. The van der Waals surface area contributed by atoms with Crippen LogP contribution in [0.4, 0.5) is 13.6 Å². The van der Waals surface area contributed by atoms with Gasteiger partial charge in [-0.05, 0) is 37.6 Å². The van der Waals surface area contributed by atoms with Crippen LogP contribution in [0.25, 0.3) is 0 Å². The number of amides is 2. The maximum atomic E-state index is 13.7. The number of nitrogens with zero attached hydrogens (tertiary/aromatic N) is 1. The molecule has 0 aliphatic carbocycles. The number of nitrogens with one attached hydrogen (secondary N) is 2. The highest BCUT2D eigenvalue weighted by molar-refractivity contribution is 5.74. The lowest BCUT2D eigenvalue weighted by Crippen LogP contribution is -2.38. The summed E-state index contributed by atoms with van der Waals surface area (Å²) in [6, 6.07) is 5.65. The van der Waals surface area contributed by atoms with E-state index in [1.807, 2.05) is 6.92 Å². The molecule has 1 aromatic heterocycles. The van der Waals surface area contributed by atoms with Crippen LogP contribution in [0.2, 0.25) is 0 Å². The second-order valence-electron chi connectivity index (χ2n) is 5.01. The lowest BCUT2D eigenvalue weighted by molar-refractivity contribution is 0.234. The van der Waals surface area contributed by atoms with Gasteiger partial charge in [0.25, 0.3) is 0 Å². The van der Waals surface area contributed by atoms with Crippen LogP contribution in [-0.4, -0.2) is 11.0 Å². The zero-order valence-corrected chi connectivity index (χ0v) is 12.3. The Morgan fingerprint density at radius 3 is 2.32 bits per heavy atom. The third-order valence-electron chi connectivity index (χ3n) is 3.33. The molecule has 0 aliphatic rings. The van der Waals surface area contributed by atoms with E-state index < -0.39 is 23.7 Å². The van der Waals surface area contributed by atoms with Crippen molar-refractivity contribution in [3.63, 3.8) is 0 Å². The summed E-state index contributed by atoms with van der Waals surface area (Å²) in [4.78, 5) is 15.9. The number of pyridine rings is 1. The molecule has 0 radical (unpaired) electrons. The maximum absolute atomic E-state index is 13.7. The van der Waals surface area contributed by atoms with E-state index in [0.717, 1.165) is 17.7 Å². The van der Waals surface area contributed by atoms with Gasteiger partial charge < -0.3 is 10.6 Å². The monoisotopic (exact) mass is 305 g/mol. The standard InChI is InChI=1S/C16H17F2N3O/c1-10(12-5-7-19-8-6-12)20-16(22)21-11(2)14-4-3-13(17)9-15(14)18/h3-11H,1-2H3,(H2,20,21,22). The Hall–Kier alpha value is -2.50. The van der Waals surface area contributed by atoms with Crippen LogP contribution >= 0.6 is 0 Å². The number of hydrogen-bond donors (Lipinski definition) is 2. The number of aromatic nitrogens is 1. The van der Waals surface area contributed by atoms with E-state index >= 15 is 0 Å². The molecule has 2 N–H and O–H groups in total. The smallest absolute Gasteiger partial charge is 0.315 e. The topological polar surface area (TPSA) is 54.0 Å². The number of carbonyl (C=O) groups excluding carboxylic acids is 1. The van der Waals surface area contributed by atoms with Gasteiger partial charge >= 0.3 is 6.03 Å². The van der Waals surface area contributed by atoms with E-state index in [2.05, 4.69) is 15.6 Å². The second-order valence-corrected chi connectivity index (χ2v) is 5.01. The van der Waals surface area contributed by atoms with Crippen molar-refractivity contribution in [2.45, 2.75) is 25.9 Å². The van der Waals surface area contributed by atoms with Gasteiger partial charge in [-0.1, -0.05) is 6.07 Å². The van der Waals surface area contributed by atoms with Gasteiger partial charge in [-0.2, -0.15) is 0 Å². The molecule has 4 nitrogen and oxygen atoms in total. The quantitative estimate of drug-likeness (QED) is 0.908. The van der Waals surface area contributed by atoms with Crippen LogP contribution in [0.3, 0.4) is 0 Å². The molecule has 0 saturated heterocycles. The lowest BCUT2D eigenvalue weighted by atomic mass is 10.1. The third kappa shape index (κ3) is 4.00. The molecular formula is C16H17F2N3O. The largest absolute Gasteiger partial charge is 0.332 e. The fraction of sp³-hybridized carbons (Fsp3) is 0.250. The Balaban J connectivity index is 1.96. The zero-order chi connectivity index (χ0) is 16.1. The molecule has 2 unspecified atom stereocenters. The number of benzene rings is 1. The van der Waals surface area contributed by atoms with Crippen molar-refractivity contribution >= 4 is 6.03 Å². The number of hydrogen-bond acceptors (Lipinski definition) is 2. The van der Waals surface area contributed by atoms with Crippen molar-refractivity contribution in [1.29, 1.82) is 0 Å².